The van der Waals surface area contributed by atoms with Gasteiger partial charge in [-0.3, -0.25) is 9.59 Å². The first-order chi connectivity index (χ1) is 7.70. The average molecular weight is 220 g/mol. The third-order valence-electron chi connectivity index (χ3n) is 2.41. The molecule has 1 unspecified atom stereocenters. The van der Waals surface area contributed by atoms with Crippen LogP contribution in [0.25, 0.3) is 0 Å². The van der Waals surface area contributed by atoms with E-state index in [9.17, 15) is 9.59 Å². The minimum Gasteiger partial charge on any atom is -0.298 e. The third-order valence-corrected chi connectivity index (χ3v) is 2.41. The molecular formula is C14H20O2. The van der Waals surface area contributed by atoms with Gasteiger partial charge in [-0.1, -0.05) is 52.0 Å². The van der Waals surface area contributed by atoms with E-state index in [0.717, 1.165) is 12.7 Å². The number of aldehydes is 1. The summed E-state index contributed by atoms with van der Waals surface area (Å²) in [7, 11) is 0. The summed E-state index contributed by atoms with van der Waals surface area (Å²) in [5.41, 5.74) is 1.02. The first-order valence-electron chi connectivity index (χ1n) is 5.79. The zero-order valence-corrected chi connectivity index (χ0v) is 10.5. The minimum atomic E-state index is -0.0175. The molecule has 0 fully saturated rings. The molecule has 0 saturated heterocycles. The van der Waals surface area contributed by atoms with Crippen molar-refractivity contribution < 1.29 is 9.59 Å². The van der Waals surface area contributed by atoms with Gasteiger partial charge in [-0.05, 0) is 6.42 Å². The predicted molar refractivity (Wildman–Crippen MR) is 67.0 cm³/mol. The summed E-state index contributed by atoms with van der Waals surface area (Å²) in [6.45, 7) is 7.84. The smallest absolute Gasteiger partial charge is 0.166 e. The van der Waals surface area contributed by atoms with Crippen molar-refractivity contribution in [3.8, 4) is 0 Å². The monoisotopic (exact) mass is 220 g/mol. The van der Waals surface area contributed by atoms with Crippen LogP contribution in [0.4, 0.5) is 0 Å². The molecule has 0 amide bonds. The Hall–Kier alpha value is -1.44. The van der Waals surface area contributed by atoms with Crippen LogP contribution in [-0.4, -0.2) is 12.1 Å². The van der Waals surface area contributed by atoms with E-state index in [2.05, 4.69) is 0 Å². The Morgan fingerprint density at radius 3 is 2.38 bits per heavy atom. The number of carbonyl (C=O) groups excluding carboxylic acids is 2. The van der Waals surface area contributed by atoms with E-state index in [1.165, 1.54) is 0 Å². The molecule has 0 N–H and O–H groups in total. The molecule has 2 heteroatoms. The molecule has 0 aliphatic heterocycles. The second-order valence-electron chi connectivity index (χ2n) is 3.38. The van der Waals surface area contributed by atoms with E-state index in [1.807, 2.05) is 27.7 Å². The molecule has 2 nitrogen and oxygen atoms in total. The molecule has 0 aromatic heterocycles. The first-order valence-corrected chi connectivity index (χ1v) is 5.79. The van der Waals surface area contributed by atoms with Gasteiger partial charge in [0, 0.05) is 17.0 Å². The van der Waals surface area contributed by atoms with Gasteiger partial charge < -0.3 is 0 Å². The maximum Gasteiger partial charge on any atom is 0.166 e. The zero-order chi connectivity index (χ0) is 12.6. The van der Waals surface area contributed by atoms with E-state index in [4.69, 9.17) is 0 Å². The maximum atomic E-state index is 11.8. The zero-order valence-electron chi connectivity index (χ0n) is 10.5. The summed E-state index contributed by atoms with van der Waals surface area (Å²) >= 11 is 0. The number of carbonyl (C=O) groups is 2. The topological polar surface area (TPSA) is 34.1 Å². The van der Waals surface area contributed by atoms with Gasteiger partial charge in [-0.2, -0.15) is 0 Å². The molecule has 0 aliphatic rings. The summed E-state index contributed by atoms with van der Waals surface area (Å²) < 4.78 is 0. The van der Waals surface area contributed by atoms with Crippen LogP contribution in [0.3, 0.4) is 0 Å². The van der Waals surface area contributed by atoms with Gasteiger partial charge in [0.15, 0.2) is 12.1 Å². The van der Waals surface area contributed by atoms with Crippen LogP contribution in [0.15, 0.2) is 24.3 Å². The van der Waals surface area contributed by atoms with E-state index in [-0.39, 0.29) is 11.7 Å². The third kappa shape index (κ3) is 3.61. The van der Waals surface area contributed by atoms with Gasteiger partial charge >= 0.3 is 0 Å². The number of Topliss-reactive ketones (excluding diaryl/α,β-unsaturated/α-hetero) is 1. The number of hydrogen-bond acceptors (Lipinski definition) is 2. The van der Waals surface area contributed by atoms with Crippen LogP contribution >= 0.6 is 0 Å². The molecule has 0 bridgehead atoms. The van der Waals surface area contributed by atoms with Crippen molar-refractivity contribution in [1.82, 2.24) is 0 Å². The molecule has 0 heterocycles. The standard InChI is InChI=1S/C12H14O2.C2H6/c1-3-9(2)12(14)11-7-5-4-6-10(11)8-13;1-2/h4-9H,3H2,1-2H3;1-2H3. The molecule has 1 rings (SSSR count). The Bertz CT molecular complexity index is 342. The van der Waals surface area contributed by atoms with Crippen LogP contribution < -0.4 is 0 Å². The summed E-state index contributed by atoms with van der Waals surface area (Å²) in [6.07, 6.45) is 1.53. The largest absolute Gasteiger partial charge is 0.298 e. The van der Waals surface area contributed by atoms with Crippen LogP contribution in [0.2, 0.25) is 0 Å². The molecule has 0 saturated carbocycles. The van der Waals surface area contributed by atoms with Crippen LogP contribution in [0.5, 0.6) is 0 Å². The van der Waals surface area contributed by atoms with Crippen molar-refractivity contribution in [2.75, 3.05) is 0 Å². The summed E-state index contributed by atoms with van der Waals surface area (Å²) in [5, 5.41) is 0. The molecule has 88 valence electrons. The van der Waals surface area contributed by atoms with Crippen LogP contribution in [0.1, 0.15) is 54.8 Å². The number of hydrogen-bond donors (Lipinski definition) is 0. The van der Waals surface area contributed by atoms with Crippen LogP contribution in [-0.2, 0) is 0 Å². The minimum absolute atomic E-state index is 0.0175. The quantitative estimate of drug-likeness (QED) is 0.572. The fraction of sp³-hybridized carbons (Fsp3) is 0.429. The Morgan fingerprint density at radius 2 is 1.88 bits per heavy atom. The molecule has 1 aromatic rings. The van der Waals surface area contributed by atoms with Crippen LogP contribution in [0, 0.1) is 5.92 Å². The van der Waals surface area contributed by atoms with Gasteiger partial charge in [-0.15, -0.1) is 0 Å². The summed E-state index contributed by atoms with van der Waals surface area (Å²) in [5.74, 6) is 0.0336. The van der Waals surface area contributed by atoms with Gasteiger partial charge in [0.1, 0.15) is 0 Å². The lowest BCUT2D eigenvalue weighted by atomic mass is 9.94. The predicted octanol–water partition coefficient (Wildman–Crippen LogP) is 3.75. The highest BCUT2D eigenvalue weighted by atomic mass is 16.1. The molecular weight excluding hydrogens is 200 g/mol. The number of ketones is 1. The average Bonchev–Trinajstić information content (AvgIpc) is 2.39. The highest BCUT2D eigenvalue weighted by Crippen LogP contribution is 2.14. The first kappa shape index (κ1) is 14.6. The maximum absolute atomic E-state index is 11.8. The van der Waals surface area contributed by atoms with E-state index < -0.39 is 0 Å². The highest BCUT2D eigenvalue weighted by molar-refractivity contribution is 6.03. The second kappa shape index (κ2) is 7.80. The lowest BCUT2D eigenvalue weighted by molar-refractivity contribution is 0.0922. The van der Waals surface area contributed by atoms with E-state index >= 15 is 0 Å². The van der Waals surface area contributed by atoms with Crippen molar-refractivity contribution in [3.63, 3.8) is 0 Å². The van der Waals surface area contributed by atoms with Crippen molar-refractivity contribution in [1.29, 1.82) is 0 Å². The van der Waals surface area contributed by atoms with Gasteiger partial charge in [0.25, 0.3) is 0 Å². The Labute approximate surface area is 97.7 Å². The molecule has 0 aliphatic carbocycles. The molecule has 16 heavy (non-hydrogen) atoms. The van der Waals surface area contributed by atoms with Crippen molar-refractivity contribution in [2.45, 2.75) is 34.1 Å². The molecule has 0 spiro atoms. The van der Waals surface area contributed by atoms with E-state index in [1.54, 1.807) is 24.3 Å². The van der Waals surface area contributed by atoms with Gasteiger partial charge in [-0.25, -0.2) is 0 Å². The van der Waals surface area contributed by atoms with Gasteiger partial charge in [0.2, 0.25) is 0 Å². The molecule has 0 radical (unpaired) electrons. The second-order valence-corrected chi connectivity index (χ2v) is 3.38. The SMILES string of the molecule is CC.CCC(C)C(=O)c1ccccc1C=O. The summed E-state index contributed by atoms with van der Waals surface area (Å²) in [4.78, 5) is 22.5. The van der Waals surface area contributed by atoms with Crippen molar-refractivity contribution >= 4 is 12.1 Å². The molecule has 1 atom stereocenters. The lowest BCUT2D eigenvalue weighted by Crippen LogP contribution is -2.12. The lowest BCUT2D eigenvalue weighted by Gasteiger charge is -2.08. The fourth-order valence-electron chi connectivity index (χ4n) is 1.28. The summed E-state index contributed by atoms with van der Waals surface area (Å²) in [6, 6.07) is 6.92. The Kier molecular flexibility index (Phi) is 7.10. The van der Waals surface area contributed by atoms with Crippen molar-refractivity contribution in [2.24, 2.45) is 5.92 Å². The molecule has 1 aromatic carbocycles. The number of benzene rings is 1. The fourth-order valence-corrected chi connectivity index (χ4v) is 1.28. The Balaban J connectivity index is 0.00000106. The number of rotatable bonds is 4. The van der Waals surface area contributed by atoms with Crippen molar-refractivity contribution in [3.05, 3.63) is 35.4 Å². The van der Waals surface area contributed by atoms with E-state index in [0.29, 0.717) is 11.1 Å². The Morgan fingerprint density at radius 1 is 1.31 bits per heavy atom. The van der Waals surface area contributed by atoms with Gasteiger partial charge in [0.05, 0.1) is 0 Å². The normalized spacial score (nSPS) is 11.0. The highest BCUT2D eigenvalue weighted by Gasteiger charge is 2.15.